The highest BCUT2D eigenvalue weighted by Crippen LogP contribution is 2.11. The molecule has 122 valence electrons. The van der Waals surface area contributed by atoms with Crippen LogP contribution in [0.4, 0.5) is 4.79 Å². The highest BCUT2D eigenvalue weighted by atomic mass is 32.2. The molecule has 0 aliphatic carbocycles. The maximum absolute atomic E-state index is 11.6. The Labute approximate surface area is 128 Å². The van der Waals surface area contributed by atoms with Gasteiger partial charge in [-0.3, -0.25) is 4.79 Å². The number of nitrogens with one attached hydrogen (secondary N) is 3. The molecule has 9 heteroatoms. The second-order valence-electron chi connectivity index (χ2n) is 5.11. The summed E-state index contributed by atoms with van der Waals surface area (Å²) in [5, 5.41) is 7.79. The molecule has 22 heavy (non-hydrogen) atoms. The van der Waals surface area contributed by atoms with Crippen molar-refractivity contribution >= 4 is 21.8 Å². The van der Waals surface area contributed by atoms with Gasteiger partial charge in [-0.2, -0.15) is 0 Å². The number of furan rings is 1. The van der Waals surface area contributed by atoms with E-state index >= 15 is 0 Å². The second kappa shape index (κ2) is 7.30. The summed E-state index contributed by atoms with van der Waals surface area (Å²) in [7, 11) is -3.01. The molecule has 2 rings (SSSR count). The van der Waals surface area contributed by atoms with Crippen LogP contribution in [0, 0.1) is 0 Å². The molecular weight excluding hydrogens is 310 g/mol. The van der Waals surface area contributed by atoms with Crippen molar-refractivity contribution < 1.29 is 22.4 Å². The molecular formula is C13H19N3O5S. The second-order valence-corrected chi connectivity index (χ2v) is 7.34. The molecule has 3 amide bonds. The molecule has 1 fully saturated rings. The summed E-state index contributed by atoms with van der Waals surface area (Å²) in [4.78, 5) is 23.1. The predicted molar refractivity (Wildman–Crippen MR) is 78.8 cm³/mol. The van der Waals surface area contributed by atoms with Gasteiger partial charge in [-0.25, -0.2) is 13.2 Å². The van der Waals surface area contributed by atoms with E-state index in [0.29, 0.717) is 12.2 Å². The van der Waals surface area contributed by atoms with Crippen LogP contribution in [0.1, 0.15) is 18.6 Å². The van der Waals surface area contributed by atoms with E-state index in [1.54, 1.807) is 12.1 Å². The van der Waals surface area contributed by atoms with E-state index in [9.17, 15) is 18.0 Å². The molecule has 1 unspecified atom stereocenters. The third kappa shape index (κ3) is 5.40. The first-order valence-electron chi connectivity index (χ1n) is 6.98. The van der Waals surface area contributed by atoms with Gasteiger partial charge in [-0.15, -0.1) is 0 Å². The van der Waals surface area contributed by atoms with Crippen molar-refractivity contribution in [3.05, 3.63) is 24.2 Å². The third-order valence-electron chi connectivity index (χ3n) is 3.24. The summed E-state index contributed by atoms with van der Waals surface area (Å²) in [5.41, 5.74) is 0. The largest absolute Gasteiger partial charge is 0.467 e. The molecule has 1 aromatic rings. The van der Waals surface area contributed by atoms with Gasteiger partial charge in [0, 0.05) is 19.0 Å². The minimum atomic E-state index is -3.01. The van der Waals surface area contributed by atoms with E-state index in [-0.39, 0.29) is 43.0 Å². The van der Waals surface area contributed by atoms with Crippen LogP contribution in [-0.2, 0) is 21.2 Å². The fraction of sp³-hybridized carbons (Fsp3) is 0.538. The molecule has 1 aliphatic rings. The lowest BCUT2D eigenvalue weighted by Gasteiger charge is -2.11. The number of sulfone groups is 1. The van der Waals surface area contributed by atoms with Gasteiger partial charge in [0.1, 0.15) is 5.76 Å². The van der Waals surface area contributed by atoms with Crippen LogP contribution in [0.3, 0.4) is 0 Å². The van der Waals surface area contributed by atoms with Crippen LogP contribution in [-0.4, -0.2) is 44.4 Å². The molecule has 1 aliphatic heterocycles. The number of carbonyl (C=O) groups excluding carboxylic acids is 2. The molecule has 3 N–H and O–H groups in total. The molecule has 2 heterocycles. The zero-order chi connectivity index (χ0) is 16.0. The van der Waals surface area contributed by atoms with E-state index in [2.05, 4.69) is 16.0 Å². The highest BCUT2D eigenvalue weighted by molar-refractivity contribution is 7.91. The van der Waals surface area contributed by atoms with Gasteiger partial charge in [0.25, 0.3) is 0 Å². The van der Waals surface area contributed by atoms with Crippen molar-refractivity contribution in [3.8, 4) is 0 Å². The minimum Gasteiger partial charge on any atom is -0.467 e. The quantitative estimate of drug-likeness (QED) is 0.666. The van der Waals surface area contributed by atoms with Gasteiger partial charge in [0.15, 0.2) is 9.84 Å². The lowest BCUT2D eigenvalue weighted by atomic mass is 10.2. The Kier molecular flexibility index (Phi) is 5.42. The van der Waals surface area contributed by atoms with E-state index in [4.69, 9.17) is 4.42 Å². The summed E-state index contributed by atoms with van der Waals surface area (Å²) in [6.45, 7) is 0.445. The van der Waals surface area contributed by atoms with Gasteiger partial charge >= 0.3 is 6.03 Å². The number of urea groups is 1. The Hall–Kier alpha value is -2.03. The van der Waals surface area contributed by atoms with Crippen LogP contribution >= 0.6 is 0 Å². The first kappa shape index (κ1) is 16.3. The fourth-order valence-electron chi connectivity index (χ4n) is 2.14. The van der Waals surface area contributed by atoms with Gasteiger partial charge in [0.2, 0.25) is 5.91 Å². The smallest absolute Gasteiger partial charge is 0.315 e. The molecule has 0 radical (unpaired) electrons. The van der Waals surface area contributed by atoms with E-state index in [1.165, 1.54) is 6.26 Å². The molecule has 8 nitrogen and oxygen atoms in total. The maximum Gasteiger partial charge on any atom is 0.315 e. The highest BCUT2D eigenvalue weighted by Gasteiger charge is 2.28. The molecule has 0 aromatic carbocycles. The summed E-state index contributed by atoms with van der Waals surface area (Å²) in [5.74, 6) is 0.477. The Morgan fingerprint density at radius 3 is 2.77 bits per heavy atom. The molecule has 1 atom stereocenters. The summed E-state index contributed by atoms with van der Waals surface area (Å²) < 4.78 is 27.6. The topological polar surface area (TPSA) is 118 Å². The van der Waals surface area contributed by atoms with Crippen molar-refractivity contribution in [3.63, 3.8) is 0 Å². The molecule has 0 saturated carbocycles. The van der Waals surface area contributed by atoms with Crippen LogP contribution in [0.25, 0.3) is 0 Å². The molecule has 0 spiro atoms. The van der Waals surface area contributed by atoms with Gasteiger partial charge in [-0.1, -0.05) is 0 Å². The van der Waals surface area contributed by atoms with E-state index < -0.39 is 15.9 Å². The zero-order valence-electron chi connectivity index (χ0n) is 12.0. The summed E-state index contributed by atoms with van der Waals surface area (Å²) >= 11 is 0. The SMILES string of the molecule is O=C(CCNC(=O)NCc1ccco1)NC1CCS(=O)(=O)C1. The molecule has 1 aromatic heterocycles. The van der Waals surface area contributed by atoms with E-state index in [0.717, 1.165) is 0 Å². The monoisotopic (exact) mass is 329 g/mol. The minimum absolute atomic E-state index is 0.00416. The Bertz CT molecular complexity index is 612. The summed E-state index contributed by atoms with van der Waals surface area (Å²) in [6.07, 6.45) is 2.07. The van der Waals surface area contributed by atoms with Crippen LogP contribution < -0.4 is 16.0 Å². The van der Waals surface area contributed by atoms with Crippen molar-refractivity contribution in [2.45, 2.75) is 25.4 Å². The average Bonchev–Trinajstić information content (AvgIpc) is 3.06. The first-order chi connectivity index (χ1) is 10.4. The lowest BCUT2D eigenvalue weighted by molar-refractivity contribution is -0.121. The van der Waals surface area contributed by atoms with Crippen molar-refractivity contribution in [1.82, 2.24) is 16.0 Å². The van der Waals surface area contributed by atoms with E-state index in [1.807, 2.05) is 0 Å². The Morgan fingerprint density at radius 1 is 1.32 bits per heavy atom. The fourth-order valence-corrected chi connectivity index (χ4v) is 3.81. The van der Waals surface area contributed by atoms with Crippen LogP contribution in [0.15, 0.2) is 22.8 Å². The predicted octanol–water partition coefficient (Wildman–Crippen LogP) is -0.228. The van der Waals surface area contributed by atoms with Crippen molar-refractivity contribution in [2.75, 3.05) is 18.1 Å². The Morgan fingerprint density at radius 2 is 2.14 bits per heavy atom. The number of hydrogen-bond donors (Lipinski definition) is 3. The average molecular weight is 329 g/mol. The standard InChI is InChI=1S/C13H19N3O5S/c17-12(16-10-4-7-22(19,20)9-10)3-5-14-13(18)15-8-11-2-1-6-21-11/h1-2,6,10H,3-5,7-9H2,(H,16,17)(H2,14,15,18). The third-order valence-corrected chi connectivity index (χ3v) is 5.01. The van der Waals surface area contributed by atoms with Crippen molar-refractivity contribution in [1.29, 1.82) is 0 Å². The van der Waals surface area contributed by atoms with Crippen molar-refractivity contribution in [2.24, 2.45) is 0 Å². The number of carbonyl (C=O) groups is 2. The number of hydrogen-bond acceptors (Lipinski definition) is 5. The van der Waals surface area contributed by atoms with Crippen LogP contribution in [0.5, 0.6) is 0 Å². The van der Waals surface area contributed by atoms with Gasteiger partial charge in [-0.05, 0) is 18.6 Å². The van der Waals surface area contributed by atoms with Gasteiger partial charge in [0.05, 0.1) is 24.3 Å². The number of rotatable bonds is 6. The zero-order valence-corrected chi connectivity index (χ0v) is 12.8. The Balaban J connectivity index is 1.57. The number of amides is 3. The first-order valence-corrected chi connectivity index (χ1v) is 8.80. The molecule has 1 saturated heterocycles. The molecule has 0 bridgehead atoms. The maximum atomic E-state index is 11.6. The van der Waals surface area contributed by atoms with Crippen LogP contribution in [0.2, 0.25) is 0 Å². The normalized spacial score (nSPS) is 19.5. The lowest BCUT2D eigenvalue weighted by Crippen LogP contribution is -2.40. The van der Waals surface area contributed by atoms with Gasteiger partial charge < -0.3 is 20.4 Å². The summed E-state index contributed by atoms with van der Waals surface area (Å²) in [6, 6.07) is 2.75.